The highest BCUT2D eigenvalue weighted by Crippen LogP contribution is 2.35. The molecule has 2 aliphatic heterocycles. The van der Waals surface area contributed by atoms with Crippen molar-refractivity contribution < 1.29 is 0 Å². The standard InChI is InChI=1S/C18H34N2/c1-3-5-14-6-10-17(11-7-14)20(4-2)18-12-15-8-9-16(13-18)19-15/h14-19H,3-13H2,1-2H3. The Hall–Kier alpha value is -0.0800. The van der Waals surface area contributed by atoms with Crippen molar-refractivity contribution in [1.82, 2.24) is 10.2 Å². The molecule has 1 aliphatic carbocycles. The van der Waals surface area contributed by atoms with Gasteiger partial charge in [0, 0.05) is 24.2 Å². The Balaban J connectivity index is 1.54. The van der Waals surface area contributed by atoms with E-state index in [0.29, 0.717) is 0 Å². The van der Waals surface area contributed by atoms with Crippen molar-refractivity contribution in [3.05, 3.63) is 0 Å². The molecule has 2 saturated heterocycles. The summed E-state index contributed by atoms with van der Waals surface area (Å²) in [5, 5.41) is 3.80. The Labute approximate surface area is 125 Å². The minimum absolute atomic E-state index is 0.837. The van der Waals surface area contributed by atoms with Crippen LogP contribution in [-0.2, 0) is 0 Å². The highest BCUT2D eigenvalue weighted by molar-refractivity contribution is 4.97. The first-order chi connectivity index (χ1) is 9.80. The predicted octanol–water partition coefficient (Wildman–Crippen LogP) is 3.95. The second kappa shape index (κ2) is 6.79. The van der Waals surface area contributed by atoms with Crippen LogP contribution < -0.4 is 5.32 Å². The van der Waals surface area contributed by atoms with Crippen molar-refractivity contribution in [2.24, 2.45) is 5.92 Å². The lowest BCUT2D eigenvalue weighted by atomic mass is 9.82. The smallest absolute Gasteiger partial charge is 0.0128 e. The number of fused-ring (bicyclic) bond motifs is 2. The van der Waals surface area contributed by atoms with Gasteiger partial charge in [-0.15, -0.1) is 0 Å². The van der Waals surface area contributed by atoms with Crippen LogP contribution in [0.4, 0.5) is 0 Å². The summed E-state index contributed by atoms with van der Waals surface area (Å²) in [6.07, 6.45) is 14.5. The van der Waals surface area contributed by atoms with Crippen LogP contribution in [0, 0.1) is 5.92 Å². The number of nitrogens with zero attached hydrogens (tertiary/aromatic N) is 1. The normalized spacial score (nSPS) is 41.2. The van der Waals surface area contributed by atoms with Crippen LogP contribution in [-0.4, -0.2) is 35.6 Å². The van der Waals surface area contributed by atoms with Crippen molar-refractivity contribution >= 4 is 0 Å². The van der Waals surface area contributed by atoms with Gasteiger partial charge in [-0.2, -0.15) is 0 Å². The zero-order chi connectivity index (χ0) is 13.9. The van der Waals surface area contributed by atoms with E-state index < -0.39 is 0 Å². The summed E-state index contributed by atoms with van der Waals surface area (Å²) in [7, 11) is 0. The first kappa shape index (κ1) is 14.8. The highest BCUT2D eigenvalue weighted by atomic mass is 15.2. The number of hydrogen-bond acceptors (Lipinski definition) is 2. The lowest BCUT2D eigenvalue weighted by Crippen LogP contribution is -2.52. The Morgan fingerprint density at radius 2 is 1.50 bits per heavy atom. The van der Waals surface area contributed by atoms with E-state index in [9.17, 15) is 0 Å². The molecule has 3 rings (SSSR count). The molecular formula is C18H34N2. The van der Waals surface area contributed by atoms with Crippen molar-refractivity contribution in [1.29, 1.82) is 0 Å². The molecule has 2 unspecified atom stereocenters. The molecule has 2 bridgehead atoms. The lowest BCUT2D eigenvalue weighted by Gasteiger charge is -2.44. The zero-order valence-corrected chi connectivity index (χ0v) is 13.6. The first-order valence-corrected chi connectivity index (χ1v) is 9.31. The SMILES string of the molecule is CCCC1CCC(N(CC)C2CC3CCC(C2)N3)CC1. The Bertz CT molecular complexity index is 284. The zero-order valence-electron chi connectivity index (χ0n) is 13.6. The fourth-order valence-electron chi connectivity index (χ4n) is 5.29. The third kappa shape index (κ3) is 3.22. The summed E-state index contributed by atoms with van der Waals surface area (Å²) in [5.41, 5.74) is 0. The summed E-state index contributed by atoms with van der Waals surface area (Å²) >= 11 is 0. The van der Waals surface area contributed by atoms with Gasteiger partial charge in [-0.3, -0.25) is 4.90 Å². The van der Waals surface area contributed by atoms with Gasteiger partial charge < -0.3 is 5.32 Å². The molecule has 0 aromatic heterocycles. The molecule has 20 heavy (non-hydrogen) atoms. The fraction of sp³-hybridized carbons (Fsp3) is 1.00. The minimum Gasteiger partial charge on any atom is -0.311 e. The molecule has 1 saturated carbocycles. The van der Waals surface area contributed by atoms with E-state index in [-0.39, 0.29) is 0 Å². The second-order valence-electron chi connectivity index (χ2n) is 7.56. The number of piperidine rings is 1. The van der Waals surface area contributed by atoms with E-state index in [4.69, 9.17) is 0 Å². The first-order valence-electron chi connectivity index (χ1n) is 9.31. The third-order valence-corrected chi connectivity index (χ3v) is 6.26. The van der Waals surface area contributed by atoms with E-state index in [1.165, 1.54) is 70.8 Å². The molecule has 0 aromatic rings. The van der Waals surface area contributed by atoms with Crippen LogP contribution in [0.5, 0.6) is 0 Å². The van der Waals surface area contributed by atoms with Gasteiger partial charge in [0.2, 0.25) is 0 Å². The monoisotopic (exact) mass is 278 g/mol. The van der Waals surface area contributed by atoms with Crippen molar-refractivity contribution in [2.45, 2.75) is 102 Å². The van der Waals surface area contributed by atoms with Crippen molar-refractivity contribution in [2.75, 3.05) is 6.54 Å². The molecule has 116 valence electrons. The molecule has 0 radical (unpaired) electrons. The van der Waals surface area contributed by atoms with Crippen LogP contribution in [0.2, 0.25) is 0 Å². The van der Waals surface area contributed by atoms with Gasteiger partial charge in [0.1, 0.15) is 0 Å². The van der Waals surface area contributed by atoms with Crippen LogP contribution in [0.15, 0.2) is 0 Å². The second-order valence-corrected chi connectivity index (χ2v) is 7.56. The molecule has 0 aromatic carbocycles. The molecule has 0 spiro atoms. The van der Waals surface area contributed by atoms with E-state index in [2.05, 4.69) is 24.1 Å². The van der Waals surface area contributed by atoms with Crippen molar-refractivity contribution in [3.63, 3.8) is 0 Å². The molecule has 0 amide bonds. The highest BCUT2D eigenvalue weighted by Gasteiger charge is 2.38. The average molecular weight is 278 g/mol. The van der Waals surface area contributed by atoms with E-state index in [0.717, 1.165) is 30.1 Å². The molecule has 3 aliphatic rings. The molecule has 2 heteroatoms. The van der Waals surface area contributed by atoms with Crippen molar-refractivity contribution in [3.8, 4) is 0 Å². The molecule has 2 atom stereocenters. The summed E-state index contributed by atoms with van der Waals surface area (Å²) in [6.45, 7) is 6.00. The summed E-state index contributed by atoms with van der Waals surface area (Å²) < 4.78 is 0. The number of rotatable bonds is 5. The molecule has 2 nitrogen and oxygen atoms in total. The lowest BCUT2D eigenvalue weighted by molar-refractivity contribution is 0.0676. The summed E-state index contributed by atoms with van der Waals surface area (Å²) in [5.74, 6) is 1.04. The minimum atomic E-state index is 0.837. The largest absolute Gasteiger partial charge is 0.311 e. The Kier molecular flexibility index (Phi) is 5.04. The Morgan fingerprint density at radius 3 is 2.05 bits per heavy atom. The number of nitrogens with one attached hydrogen (secondary N) is 1. The Morgan fingerprint density at radius 1 is 0.850 bits per heavy atom. The van der Waals surface area contributed by atoms with Gasteiger partial charge in [0.05, 0.1) is 0 Å². The van der Waals surface area contributed by atoms with Gasteiger partial charge in [0.25, 0.3) is 0 Å². The van der Waals surface area contributed by atoms with Gasteiger partial charge in [-0.25, -0.2) is 0 Å². The number of hydrogen-bond donors (Lipinski definition) is 1. The average Bonchev–Trinajstić information content (AvgIpc) is 2.81. The molecule has 1 N–H and O–H groups in total. The fourth-order valence-corrected chi connectivity index (χ4v) is 5.29. The molecule has 2 heterocycles. The maximum Gasteiger partial charge on any atom is 0.0128 e. The van der Waals surface area contributed by atoms with Gasteiger partial charge in [-0.05, 0) is 63.8 Å². The predicted molar refractivity (Wildman–Crippen MR) is 86.0 cm³/mol. The maximum absolute atomic E-state index is 3.80. The van der Waals surface area contributed by atoms with E-state index in [1.807, 2.05) is 0 Å². The van der Waals surface area contributed by atoms with Gasteiger partial charge in [-0.1, -0.05) is 26.7 Å². The summed E-state index contributed by atoms with van der Waals surface area (Å²) in [6, 6.07) is 3.45. The molecule has 3 fully saturated rings. The van der Waals surface area contributed by atoms with Crippen LogP contribution in [0.1, 0.15) is 78.1 Å². The third-order valence-electron chi connectivity index (χ3n) is 6.26. The van der Waals surface area contributed by atoms with Crippen LogP contribution in [0.25, 0.3) is 0 Å². The topological polar surface area (TPSA) is 15.3 Å². The van der Waals surface area contributed by atoms with Crippen LogP contribution in [0.3, 0.4) is 0 Å². The van der Waals surface area contributed by atoms with Crippen LogP contribution >= 0.6 is 0 Å². The van der Waals surface area contributed by atoms with Gasteiger partial charge >= 0.3 is 0 Å². The summed E-state index contributed by atoms with van der Waals surface area (Å²) in [4.78, 5) is 2.90. The quantitative estimate of drug-likeness (QED) is 0.819. The van der Waals surface area contributed by atoms with Gasteiger partial charge in [0.15, 0.2) is 0 Å². The van der Waals surface area contributed by atoms with E-state index in [1.54, 1.807) is 0 Å². The van der Waals surface area contributed by atoms with E-state index >= 15 is 0 Å². The molecular weight excluding hydrogens is 244 g/mol. The maximum atomic E-state index is 3.80.